The Labute approximate surface area is 108 Å². The average molecular weight is 241 g/mol. The van der Waals surface area contributed by atoms with E-state index in [2.05, 4.69) is 26.1 Å². The Morgan fingerprint density at radius 2 is 2.06 bits per heavy atom. The predicted octanol–water partition coefficient (Wildman–Crippen LogP) is 3.89. The summed E-state index contributed by atoms with van der Waals surface area (Å²) >= 11 is 0. The second-order valence-electron chi connectivity index (χ2n) is 5.57. The van der Waals surface area contributed by atoms with E-state index in [1.807, 2.05) is 0 Å². The first kappa shape index (κ1) is 15.0. The molecule has 0 aromatic rings. The molecule has 1 aliphatic heterocycles. The summed E-state index contributed by atoms with van der Waals surface area (Å²) in [5, 5.41) is 3.79. The van der Waals surface area contributed by atoms with Crippen LogP contribution in [0, 0.1) is 0 Å². The molecule has 0 saturated carbocycles. The van der Waals surface area contributed by atoms with Crippen molar-refractivity contribution in [2.75, 3.05) is 6.61 Å². The first-order chi connectivity index (χ1) is 8.26. The molecule has 1 fully saturated rings. The Bertz CT molecular complexity index is 182. The summed E-state index contributed by atoms with van der Waals surface area (Å²) in [5.41, 5.74) is 0. The summed E-state index contributed by atoms with van der Waals surface area (Å²) < 4.78 is 5.79. The molecule has 102 valence electrons. The molecule has 1 N–H and O–H groups in total. The van der Waals surface area contributed by atoms with E-state index in [1.165, 1.54) is 51.4 Å². The van der Waals surface area contributed by atoms with E-state index < -0.39 is 0 Å². The SMILES string of the molecule is CCCCCC(C)NC1CCOC(CCC)C1. The van der Waals surface area contributed by atoms with Crippen LogP contribution in [0.5, 0.6) is 0 Å². The molecule has 2 heteroatoms. The zero-order valence-electron chi connectivity index (χ0n) is 12.0. The lowest BCUT2D eigenvalue weighted by atomic mass is 9.98. The number of unbranched alkanes of at least 4 members (excludes halogenated alkanes) is 2. The van der Waals surface area contributed by atoms with Crippen molar-refractivity contribution in [3.05, 3.63) is 0 Å². The van der Waals surface area contributed by atoms with Crippen LogP contribution in [0.15, 0.2) is 0 Å². The number of rotatable bonds is 8. The molecule has 2 nitrogen and oxygen atoms in total. The number of ether oxygens (including phenoxy) is 1. The topological polar surface area (TPSA) is 21.3 Å². The van der Waals surface area contributed by atoms with Gasteiger partial charge in [-0.15, -0.1) is 0 Å². The Balaban J connectivity index is 2.16. The van der Waals surface area contributed by atoms with E-state index in [4.69, 9.17) is 4.74 Å². The van der Waals surface area contributed by atoms with Crippen molar-refractivity contribution in [1.82, 2.24) is 5.32 Å². The molecule has 3 atom stereocenters. The molecule has 0 spiro atoms. The van der Waals surface area contributed by atoms with Gasteiger partial charge in [0.1, 0.15) is 0 Å². The lowest BCUT2D eigenvalue weighted by Crippen LogP contribution is -2.43. The van der Waals surface area contributed by atoms with Crippen LogP contribution in [0.1, 0.15) is 72.1 Å². The van der Waals surface area contributed by atoms with E-state index in [1.54, 1.807) is 0 Å². The molecule has 0 bridgehead atoms. The van der Waals surface area contributed by atoms with Gasteiger partial charge < -0.3 is 10.1 Å². The van der Waals surface area contributed by atoms with Gasteiger partial charge in [-0.05, 0) is 32.6 Å². The smallest absolute Gasteiger partial charge is 0.0589 e. The Morgan fingerprint density at radius 1 is 1.24 bits per heavy atom. The van der Waals surface area contributed by atoms with Crippen LogP contribution in [0.25, 0.3) is 0 Å². The molecule has 1 heterocycles. The normalized spacial score (nSPS) is 27.0. The third-order valence-electron chi connectivity index (χ3n) is 3.74. The zero-order chi connectivity index (χ0) is 12.5. The second kappa shape index (κ2) is 8.93. The Morgan fingerprint density at radius 3 is 2.76 bits per heavy atom. The van der Waals surface area contributed by atoms with Crippen LogP contribution in [0.3, 0.4) is 0 Å². The van der Waals surface area contributed by atoms with Crippen LogP contribution in [-0.4, -0.2) is 24.8 Å². The number of nitrogens with one attached hydrogen (secondary N) is 1. The van der Waals surface area contributed by atoms with Gasteiger partial charge in [0.2, 0.25) is 0 Å². The summed E-state index contributed by atoms with van der Waals surface area (Å²) in [4.78, 5) is 0. The van der Waals surface area contributed by atoms with Gasteiger partial charge in [-0.1, -0.05) is 39.5 Å². The summed E-state index contributed by atoms with van der Waals surface area (Å²) in [6.07, 6.45) is 10.8. The van der Waals surface area contributed by atoms with Crippen molar-refractivity contribution < 1.29 is 4.74 Å². The summed E-state index contributed by atoms with van der Waals surface area (Å²) in [6, 6.07) is 1.36. The highest BCUT2D eigenvalue weighted by atomic mass is 16.5. The largest absolute Gasteiger partial charge is 0.378 e. The fourth-order valence-electron chi connectivity index (χ4n) is 2.74. The highest BCUT2D eigenvalue weighted by molar-refractivity contribution is 4.79. The number of hydrogen-bond acceptors (Lipinski definition) is 2. The van der Waals surface area contributed by atoms with Gasteiger partial charge in [-0.3, -0.25) is 0 Å². The minimum absolute atomic E-state index is 0.508. The Hall–Kier alpha value is -0.0800. The molecule has 1 aliphatic rings. The molecule has 0 aliphatic carbocycles. The lowest BCUT2D eigenvalue weighted by molar-refractivity contribution is -0.00484. The molecular formula is C15H31NO. The molecule has 1 rings (SSSR count). The van der Waals surface area contributed by atoms with Crippen LogP contribution in [-0.2, 0) is 4.74 Å². The molecule has 3 unspecified atom stereocenters. The fourth-order valence-corrected chi connectivity index (χ4v) is 2.74. The fraction of sp³-hybridized carbons (Fsp3) is 1.00. The summed E-state index contributed by atoms with van der Waals surface area (Å²) in [7, 11) is 0. The van der Waals surface area contributed by atoms with Gasteiger partial charge in [0.05, 0.1) is 6.10 Å². The maximum Gasteiger partial charge on any atom is 0.0589 e. The van der Waals surface area contributed by atoms with E-state index in [9.17, 15) is 0 Å². The molecule has 0 aromatic heterocycles. The van der Waals surface area contributed by atoms with Crippen molar-refractivity contribution in [2.24, 2.45) is 0 Å². The predicted molar refractivity (Wildman–Crippen MR) is 74.4 cm³/mol. The minimum atomic E-state index is 0.508. The van der Waals surface area contributed by atoms with Crippen LogP contribution in [0.4, 0.5) is 0 Å². The van der Waals surface area contributed by atoms with Crippen molar-refractivity contribution in [3.63, 3.8) is 0 Å². The second-order valence-corrected chi connectivity index (χ2v) is 5.57. The first-order valence-corrected chi connectivity index (χ1v) is 7.63. The maximum absolute atomic E-state index is 5.79. The van der Waals surface area contributed by atoms with Crippen LogP contribution in [0.2, 0.25) is 0 Å². The summed E-state index contributed by atoms with van der Waals surface area (Å²) in [5.74, 6) is 0. The van der Waals surface area contributed by atoms with Crippen molar-refractivity contribution in [3.8, 4) is 0 Å². The molecule has 17 heavy (non-hydrogen) atoms. The van der Waals surface area contributed by atoms with Gasteiger partial charge in [-0.2, -0.15) is 0 Å². The third-order valence-corrected chi connectivity index (χ3v) is 3.74. The van der Waals surface area contributed by atoms with Gasteiger partial charge in [0.25, 0.3) is 0 Å². The molecule has 0 amide bonds. The molecule has 1 saturated heterocycles. The first-order valence-electron chi connectivity index (χ1n) is 7.63. The van der Waals surface area contributed by atoms with E-state index in [0.29, 0.717) is 18.2 Å². The van der Waals surface area contributed by atoms with E-state index in [-0.39, 0.29) is 0 Å². The zero-order valence-corrected chi connectivity index (χ0v) is 12.0. The monoisotopic (exact) mass is 241 g/mol. The van der Waals surface area contributed by atoms with Gasteiger partial charge in [0, 0.05) is 18.7 Å². The van der Waals surface area contributed by atoms with Crippen LogP contribution < -0.4 is 5.32 Å². The molecule has 0 aromatic carbocycles. The lowest BCUT2D eigenvalue weighted by Gasteiger charge is -2.32. The van der Waals surface area contributed by atoms with E-state index >= 15 is 0 Å². The number of hydrogen-bond donors (Lipinski definition) is 1. The van der Waals surface area contributed by atoms with Gasteiger partial charge in [0.15, 0.2) is 0 Å². The molecule has 0 radical (unpaired) electrons. The summed E-state index contributed by atoms with van der Waals surface area (Å²) in [6.45, 7) is 7.80. The maximum atomic E-state index is 5.79. The average Bonchev–Trinajstić information content (AvgIpc) is 2.30. The quantitative estimate of drug-likeness (QED) is 0.651. The standard InChI is InChI=1S/C15H31NO/c1-4-6-7-9-13(3)16-14-10-11-17-15(12-14)8-5-2/h13-16H,4-12H2,1-3H3. The van der Waals surface area contributed by atoms with Crippen molar-refractivity contribution in [1.29, 1.82) is 0 Å². The highest BCUT2D eigenvalue weighted by Gasteiger charge is 2.22. The van der Waals surface area contributed by atoms with Crippen molar-refractivity contribution >= 4 is 0 Å². The van der Waals surface area contributed by atoms with Crippen LogP contribution >= 0.6 is 0 Å². The minimum Gasteiger partial charge on any atom is -0.378 e. The van der Waals surface area contributed by atoms with Crippen molar-refractivity contribution in [2.45, 2.75) is 90.3 Å². The molecular weight excluding hydrogens is 210 g/mol. The van der Waals surface area contributed by atoms with Gasteiger partial charge in [-0.25, -0.2) is 0 Å². The third kappa shape index (κ3) is 6.42. The van der Waals surface area contributed by atoms with E-state index in [0.717, 1.165) is 6.61 Å². The van der Waals surface area contributed by atoms with Gasteiger partial charge >= 0.3 is 0 Å². The Kier molecular flexibility index (Phi) is 7.87. The highest BCUT2D eigenvalue weighted by Crippen LogP contribution is 2.18.